The van der Waals surface area contributed by atoms with Gasteiger partial charge in [-0.25, -0.2) is 4.79 Å². The summed E-state index contributed by atoms with van der Waals surface area (Å²) in [7, 11) is 0. The third kappa shape index (κ3) is 13.6. The van der Waals surface area contributed by atoms with E-state index in [9.17, 15) is 42.3 Å². The van der Waals surface area contributed by atoms with E-state index in [4.69, 9.17) is 21.4 Å². The van der Waals surface area contributed by atoms with Gasteiger partial charge in [-0.3, -0.25) is 29.0 Å². The number of carboxylic acid groups (broad SMARTS) is 1. The first-order valence-corrected chi connectivity index (χ1v) is 16.5. The number of alkyl halides is 3. The van der Waals surface area contributed by atoms with E-state index in [1.54, 1.807) is 12.1 Å². The fourth-order valence-electron chi connectivity index (χ4n) is 5.14. The van der Waals surface area contributed by atoms with Gasteiger partial charge in [-0.05, 0) is 53.8 Å². The molecule has 0 saturated carbocycles. The van der Waals surface area contributed by atoms with Crippen molar-refractivity contribution < 1.29 is 52.2 Å². The molecular weight excluding hydrogens is 717 g/mol. The van der Waals surface area contributed by atoms with Crippen LogP contribution in [-0.4, -0.2) is 95.1 Å². The molecule has 1 heterocycles. The molecule has 5 amide bonds. The molecule has 0 bridgehead atoms. The fourth-order valence-corrected chi connectivity index (χ4v) is 5.14. The molecule has 0 unspecified atom stereocenters. The molecular formula is C35H41F3N8O8. The number of carbonyl (C=O) groups excluding carboxylic acids is 5. The summed E-state index contributed by atoms with van der Waals surface area (Å²) in [6.07, 6.45) is -4.49. The van der Waals surface area contributed by atoms with E-state index < -0.39 is 72.4 Å². The highest BCUT2D eigenvalue weighted by atomic mass is 19.4. The van der Waals surface area contributed by atoms with Crippen LogP contribution in [0.4, 0.5) is 13.2 Å². The normalized spacial score (nSPS) is 20.0. The van der Waals surface area contributed by atoms with Gasteiger partial charge in [0.15, 0.2) is 5.96 Å². The minimum Gasteiger partial charge on any atom is -0.508 e. The minimum atomic E-state index is -5.08. The van der Waals surface area contributed by atoms with E-state index in [2.05, 4.69) is 31.6 Å². The summed E-state index contributed by atoms with van der Waals surface area (Å²) >= 11 is 0. The van der Waals surface area contributed by atoms with Gasteiger partial charge in [0.25, 0.3) is 0 Å². The van der Waals surface area contributed by atoms with Gasteiger partial charge < -0.3 is 48.3 Å². The van der Waals surface area contributed by atoms with Gasteiger partial charge in [-0.2, -0.15) is 13.2 Å². The number of phenols is 1. The highest BCUT2D eigenvalue weighted by molar-refractivity contribution is 5.97. The number of guanidine groups is 1. The van der Waals surface area contributed by atoms with E-state index >= 15 is 0 Å². The standard InChI is InChI=1S/C33H40N8O6.C2HF3O2/c1-19-29(44)40-25(7-4-14-36-33(34)35)31(46)41-26(17-21-8-11-22-5-2-3-6-23(22)15-21)30(45)37-18-28(43)39-27(32(47)38-19)16-20-9-12-24(42)13-10-20;3-2(4,5)1(6)7/h2-3,5-6,8-13,15,19,25-27,42H,4,7,14,16-18H2,1H3,(H,37,45)(H,38,47)(H,39,43)(H,40,44)(H,41,46)(H4,34,35,36);(H,6,7)/t19-,25+,26+,27-;/m1./s1. The Kier molecular flexibility index (Phi) is 15.1. The second-order valence-electron chi connectivity index (χ2n) is 12.2. The summed E-state index contributed by atoms with van der Waals surface area (Å²) in [5.41, 5.74) is 12.2. The molecule has 16 nitrogen and oxygen atoms in total. The van der Waals surface area contributed by atoms with Crippen molar-refractivity contribution in [2.45, 2.75) is 63.0 Å². The van der Waals surface area contributed by atoms with Crippen LogP contribution in [0.25, 0.3) is 10.8 Å². The number of nitrogens with zero attached hydrogens (tertiary/aromatic N) is 1. The minimum absolute atomic E-state index is 0.0339. The average molecular weight is 759 g/mol. The lowest BCUT2D eigenvalue weighted by atomic mass is 10.0. The van der Waals surface area contributed by atoms with Crippen LogP contribution in [0.15, 0.2) is 71.7 Å². The van der Waals surface area contributed by atoms with E-state index in [1.165, 1.54) is 19.1 Å². The van der Waals surface area contributed by atoms with Gasteiger partial charge in [-0.1, -0.05) is 54.6 Å². The zero-order valence-electron chi connectivity index (χ0n) is 29.0. The third-order valence-corrected chi connectivity index (χ3v) is 7.91. The average Bonchev–Trinajstić information content (AvgIpc) is 3.11. The molecule has 4 atom stereocenters. The quantitative estimate of drug-likeness (QED) is 0.0850. The van der Waals surface area contributed by atoms with Crippen molar-refractivity contribution in [3.05, 3.63) is 77.9 Å². The van der Waals surface area contributed by atoms with E-state index in [0.717, 1.165) is 16.3 Å². The number of aliphatic carboxylic acids is 1. The van der Waals surface area contributed by atoms with Crippen molar-refractivity contribution in [1.82, 2.24) is 26.6 Å². The van der Waals surface area contributed by atoms with E-state index in [0.29, 0.717) is 12.0 Å². The number of phenolic OH excluding ortho intramolecular Hbond substituents is 1. The predicted octanol–water partition coefficient (Wildman–Crippen LogP) is 0.106. The highest BCUT2D eigenvalue weighted by Gasteiger charge is 2.38. The lowest BCUT2D eigenvalue weighted by Crippen LogP contribution is -2.57. The topological polar surface area (TPSA) is 267 Å². The number of fused-ring (bicyclic) bond motifs is 1. The highest BCUT2D eigenvalue weighted by Crippen LogP contribution is 2.17. The number of benzene rings is 3. The molecule has 3 aromatic carbocycles. The van der Waals surface area contributed by atoms with Crippen LogP contribution in [0.3, 0.4) is 0 Å². The van der Waals surface area contributed by atoms with Crippen molar-refractivity contribution in [2.24, 2.45) is 16.5 Å². The third-order valence-electron chi connectivity index (χ3n) is 7.91. The Bertz CT molecular complexity index is 1850. The zero-order chi connectivity index (χ0) is 40.0. The summed E-state index contributed by atoms with van der Waals surface area (Å²) < 4.78 is 31.7. The van der Waals surface area contributed by atoms with Crippen molar-refractivity contribution in [2.75, 3.05) is 13.1 Å². The summed E-state index contributed by atoms with van der Waals surface area (Å²) in [5, 5.41) is 31.9. The first-order valence-electron chi connectivity index (χ1n) is 16.5. The van der Waals surface area contributed by atoms with E-state index in [-0.39, 0.29) is 37.5 Å². The smallest absolute Gasteiger partial charge is 0.490 e. The number of carbonyl (C=O) groups is 6. The van der Waals surface area contributed by atoms with Gasteiger partial charge in [0, 0.05) is 19.4 Å². The number of halogens is 3. The first-order chi connectivity index (χ1) is 25.4. The maximum atomic E-state index is 13.6. The van der Waals surface area contributed by atoms with Crippen LogP contribution in [0, 0.1) is 0 Å². The Balaban J connectivity index is 0.00000102. The molecule has 3 aromatic rings. The summed E-state index contributed by atoms with van der Waals surface area (Å²) in [5.74, 6) is -6.06. The van der Waals surface area contributed by atoms with Crippen molar-refractivity contribution in [3.8, 4) is 5.75 Å². The fraction of sp³-hybridized carbons (Fsp3) is 0.343. The molecule has 0 aliphatic carbocycles. The molecule has 290 valence electrons. The molecule has 0 spiro atoms. The SMILES string of the molecule is C[C@H]1NC(=O)[C@@H](Cc2ccc(O)cc2)NC(=O)CNC(=O)[C@H](Cc2ccc3ccccc3c2)NC(=O)[C@H](CCCN=C(N)N)NC1=O.O=C(O)C(F)(F)F. The van der Waals surface area contributed by atoms with Gasteiger partial charge in [0.1, 0.15) is 29.9 Å². The van der Waals surface area contributed by atoms with Gasteiger partial charge in [0.2, 0.25) is 29.5 Å². The molecule has 54 heavy (non-hydrogen) atoms. The van der Waals surface area contributed by atoms with Gasteiger partial charge >= 0.3 is 12.1 Å². The molecule has 1 fully saturated rings. The number of nitrogens with one attached hydrogen (secondary N) is 5. The Morgan fingerprint density at radius 1 is 0.778 bits per heavy atom. The summed E-state index contributed by atoms with van der Waals surface area (Å²) in [6, 6.07) is 15.1. The van der Waals surface area contributed by atoms with Crippen LogP contribution >= 0.6 is 0 Å². The number of nitrogens with two attached hydrogens (primary N) is 2. The Hall–Kier alpha value is -6.40. The number of aromatic hydroxyl groups is 1. The monoisotopic (exact) mass is 758 g/mol. The lowest BCUT2D eigenvalue weighted by molar-refractivity contribution is -0.192. The maximum Gasteiger partial charge on any atom is 0.490 e. The summed E-state index contributed by atoms with van der Waals surface area (Å²) in [6.45, 7) is 1.17. The number of aliphatic imine (C=N–C) groups is 1. The molecule has 0 radical (unpaired) electrons. The van der Waals surface area contributed by atoms with Crippen molar-refractivity contribution in [3.63, 3.8) is 0 Å². The van der Waals surface area contributed by atoms with Crippen molar-refractivity contribution in [1.29, 1.82) is 0 Å². The van der Waals surface area contributed by atoms with Gasteiger partial charge in [0.05, 0.1) is 6.54 Å². The molecule has 11 N–H and O–H groups in total. The van der Waals surface area contributed by atoms with Gasteiger partial charge in [-0.15, -0.1) is 0 Å². The number of hydrogen-bond donors (Lipinski definition) is 9. The Morgan fingerprint density at radius 2 is 1.33 bits per heavy atom. The largest absolute Gasteiger partial charge is 0.508 e. The molecule has 0 aromatic heterocycles. The van der Waals surface area contributed by atoms with Crippen LogP contribution in [0.2, 0.25) is 0 Å². The molecule has 19 heteroatoms. The molecule has 1 aliphatic rings. The van der Waals surface area contributed by atoms with Crippen LogP contribution < -0.4 is 38.1 Å². The van der Waals surface area contributed by atoms with Crippen LogP contribution in [0.5, 0.6) is 5.75 Å². The Labute approximate surface area is 306 Å². The number of carboxylic acids is 1. The second kappa shape index (κ2) is 19.4. The van der Waals surface area contributed by atoms with Crippen LogP contribution in [0.1, 0.15) is 30.9 Å². The maximum absolute atomic E-state index is 13.6. The Morgan fingerprint density at radius 3 is 1.96 bits per heavy atom. The molecule has 4 rings (SSSR count). The van der Waals surface area contributed by atoms with E-state index in [1.807, 2.05) is 42.5 Å². The zero-order valence-corrected chi connectivity index (χ0v) is 29.0. The number of amides is 5. The van der Waals surface area contributed by atoms with Crippen LogP contribution in [-0.2, 0) is 41.6 Å². The molecule has 1 saturated heterocycles. The second-order valence-corrected chi connectivity index (χ2v) is 12.2. The molecule has 1 aliphatic heterocycles. The number of hydrogen-bond acceptors (Lipinski definition) is 8. The number of rotatable bonds is 8. The summed E-state index contributed by atoms with van der Waals surface area (Å²) in [4.78, 5) is 79.5. The predicted molar refractivity (Wildman–Crippen MR) is 189 cm³/mol. The van der Waals surface area contributed by atoms with Crippen molar-refractivity contribution >= 4 is 52.2 Å². The first kappa shape index (κ1) is 42.0. The lowest BCUT2D eigenvalue weighted by Gasteiger charge is -2.24.